The SMILES string of the molecule is CC(C(=O)Nc1ccn(Cc2ccc(Br)cc2)n1)n1ccc(C(=O)O)n1. The van der Waals surface area contributed by atoms with Crippen molar-refractivity contribution >= 4 is 33.6 Å². The van der Waals surface area contributed by atoms with Crippen molar-refractivity contribution in [2.24, 2.45) is 0 Å². The van der Waals surface area contributed by atoms with Gasteiger partial charge in [0.15, 0.2) is 11.5 Å². The fraction of sp³-hybridized carbons (Fsp3) is 0.176. The van der Waals surface area contributed by atoms with Crippen molar-refractivity contribution < 1.29 is 14.7 Å². The van der Waals surface area contributed by atoms with Gasteiger partial charge in [0.05, 0.1) is 6.54 Å². The van der Waals surface area contributed by atoms with Crippen LogP contribution >= 0.6 is 15.9 Å². The average molecular weight is 418 g/mol. The van der Waals surface area contributed by atoms with E-state index in [9.17, 15) is 9.59 Å². The summed E-state index contributed by atoms with van der Waals surface area (Å²) in [6.45, 7) is 2.21. The molecule has 0 aliphatic carbocycles. The number of nitrogens with one attached hydrogen (secondary N) is 1. The van der Waals surface area contributed by atoms with Crippen LogP contribution < -0.4 is 5.32 Å². The van der Waals surface area contributed by atoms with Gasteiger partial charge in [0.2, 0.25) is 5.91 Å². The number of aromatic carboxylic acids is 1. The van der Waals surface area contributed by atoms with E-state index in [2.05, 4.69) is 31.4 Å². The van der Waals surface area contributed by atoms with E-state index in [0.717, 1.165) is 10.0 Å². The first-order valence-electron chi connectivity index (χ1n) is 7.79. The summed E-state index contributed by atoms with van der Waals surface area (Å²) in [5.41, 5.74) is 0.976. The van der Waals surface area contributed by atoms with Gasteiger partial charge in [-0.25, -0.2) is 4.79 Å². The molecule has 0 fully saturated rings. The van der Waals surface area contributed by atoms with Gasteiger partial charge in [0.1, 0.15) is 6.04 Å². The third kappa shape index (κ3) is 4.17. The number of carbonyl (C=O) groups excluding carboxylic acids is 1. The van der Waals surface area contributed by atoms with Crippen LogP contribution in [0.25, 0.3) is 0 Å². The van der Waals surface area contributed by atoms with E-state index in [4.69, 9.17) is 5.11 Å². The molecule has 3 rings (SSSR count). The summed E-state index contributed by atoms with van der Waals surface area (Å²) < 4.78 is 4.03. The Labute approximate surface area is 157 Å². The van der Waals surface area contributed by atoms with E-state index in [0.29, 0.717) is 12.4 Å². The molecule has 2 aromatic heterocycles. The summed E-state index contributed by atoms with van der Waals surface area (Å²) in [6.07, 6.45) is 3.23. The molecule has 1 atom stereocenters. The van der Waals surface area contributed by atoms with Crippen LogP contribution in [0.15, 0.2) is 53.3 Å². The maximum atomic E-state index is 12.3. The van der Waals surface area contributed by atoms with E-state index >= 15 is 0 Å². The summed E-state index contributed by atoms with van der Waals surface area (Å²) in [6, 6.07) is 10.3. The number of hydrogen-bond acceptors (Lipinski definition) is 4. The molecule has 134 valence electrons. The zero-order valence-electron chi connectivity index (χ0n) is 13.8. The third-order valence-corrected chi connectivity index (χ3v) is 4.28. The standard InChI is InChI=1S/C17H16BrN5O3/c1-11(23-9-6-14(20-23)17(25)26)16(24)19-15-7-8-22(21-15)10-12-2-4-13(18)5-3-12/h2-9,11H,10H2,1H3,(H,25,26)(H,19,21,24). The Kier molecular flexibility index (Phi) is 5.17. The zero-order chi connectivity index (χ0) is 18.7. The molecule has 9 heteroatoms. The molecule has 2 N–H and O–H groups in total. The molecule has 1 aromatic carbocycles. The van der Waals surface area contributed by atoms with Crippen molar-refractivity contribution in [1.29, 1.82) is 0 Å². The van der Waals surface area contributed by atoms with E-state index in [1.54, 1.807) is 23.9 Å². The molecule has 26 heavy (non-hydrogen) atoms. The molecule has 0 spiro atoms. The largest absolute Gasteiger partial charge is 0.476 e. The first-order chi connectivity index (χ1) is 12.4. The van der Waals surface area contributed by atoms with Crippen LogP contribution in [-0.2, 0) is 11.3 Å². The van der Waals surface area contributed by atoms with Crippen molar-refractivity contribution in [2.45, 2.75) is 19.5 Å². The molecule has 0 radical (unpaired) electrons. The Morgan fingerprint density at radius 2 is 1.88 bits per heavy atom. The van der Waals surface area contributed by atoms with Crippen LogP contribution in [0.4, 0.5) is 5.82 Å². The van der Waals surface area contributed by atoms with E-state index in [1.165, 1.54) is 16.9 Å². The van der Waals surface area contributed by atoms with Crippen molar-refractivity contribution in [3.8, 4) is 0 Å². The maximum absolute atomic E-state index is 12.3. The molecule has 2 heterocycles. The average Bonchev–Trinajstić information content (AvgIpc) is 3.26. The number of rotatable bonds is 6. The van der Waals surface area contributed by atoms with Crippen molar-refractivity contribution in [3.05, 3.63) is 64.5 Å². The first kappa shape index (κ1) is 17.9. The summed E-state index contributed by atoms with van der Waals surface area (Å²) >= 11 is 3.39. The van der Waals surface area contributed by atoms with Gasteiger partial charge in [-0.05, 0) is 30.7 Å². The number of benzene rings is 1. The number of halogens is 1. The van der Waals surface area contributed by atoms with Crippen molar-refractivity contribution in [2.75, 3.05) is 5.32 Å². The van der Waals surface area contributed by atoms with Gasteiger partial charge in [-0.1, -0.05) is 28.1 Å². The van der Waals surface area contributed by atoms with Gasteiger partial charge in [-0.3, -0.25) is 14.2 Å². The van der Waals surface area contributed by atoms with Gasteiger partial charge < -0.3 is 10.4 Å². The second-order valence-corrected chi connectivity index (χ2v) is 6.59. The Hall–Kier alpha value is -2.94. The van der Waals surface area contributed by atoms with Gasteiger partial charge >= 0.3 is 5.97 Å². The van der Waals surface area contributed by atoms with E-state index in [-0.39, 0.29) is 11.6 Å². The smallest absolute Gasteiger partial charge is 0.356 e. The number of carbonyl (C=O) groups is 2. The first-order valence-corrected chi connectivity index (χ1v) is 8.59. The second-order valence-electron chi connectivity index (χ2n) is 5.68. The molecule has 0 saturated heterocycles. The molecule has 8 nitrogen and oxygen atoms in total. The molecule has 0 aliphatic rings. The van der Waals surface area contributed by atoms with Crippen molar-refractivity contribution in [1.82, 2.24) is 19.6 Å². The minimum Gasteiger partial charge on any atom is -0.476 e. The van der Waals surface area contributed by atoms with Gasteiger partial charge in [-0.15, -0.1) is 0 Å². The summed E-state index contributed by atoms with van der Waals surface area (Å²) in [5.74, 6) is -1.05. The summed E-state index contributed by atoms with van der Waals surface area (Å²) in [4.78, 5) is 23.2. The van der Waals surface area contributed by atoms with Gasteiger partial charge in [0.25, 0.3) is 0 Å². The Bertz CT molecular complexity index is 932. The molecule has 3 aromatic rings. The highest BCUT2D eigenvalue weighted by Crippen LogP contribution is 2.13. The number of aromatic nitrogens is 4. The minimum absolute atomic E-state index is 0.108. The number of carboxylic acid groups (broad SMARTS) is 1. The normalized spacial score (nSPS) is 11.9. The lowest BCUT2D eigenvalue weighted by molar-refractivity contribution is -0.119. The third-order valence-electron chi connectivity index (χ3n) is 3.75. The molecule has 0 saturated carbocycles. The highest BCUT2D eigenvalue weighted by molar-refractivity contribution is 9.10. The molecule has 1 unspecified atom stereocenters. The van der Waals surface area contributed by atoms with Crippen LogP contribution in [0.2, 0.25) is 0 Å². The van der Waals surface area contributed by atoms with Crippen LogP contribution in [0.5, 0.6) is 0 Å². The number of hydrogen-bond donors (Lipinski definition) is 2. The van der Waals surface area contributed by atoms with Gasteiger partial charge in [0, 0.05) is 22.9 Å². The predicted octanol–water partition coefficient (Wildman–Crippen LogP) is 2.79. The molecular weight excluding hydrogens is 402 g/mol. The number of anilines is 1. The summed E-state index contributed by atoms with van der Waals surface area (Å²) in [7, 11) is 0. The van der Waals surface area contributed by atoms with Gasteiger partial charge in [-0.2, -0.15) is 10.2 Å². The lowest BCUT2D eigenvalue weighted by Crippen LogP contribution is -2.24. The number of amides is 1. The lowest BCUT2D eigenvalue weighted by Gasteiger charge is -2.11. The quantitative estimate of drug-likeness (QED) is 0.641. The Morgan fingerprint density at radius 3 is 2.54 bits per heavy atom. The molecule has 1 amide bonds. The van der Waals surface area contributed by atoms with Crippen molar-refractivity contribution in [3.63, 3.8) is 0 Å². The van der Waals surface area contributed by atoms with Crippen LogP contribution in [0.3, 0.4) is 0 Å². The minimum atomic E-state index is -1.14. The number of carboxylic acids is 1. The van der Waals surface area contributed by atoms with Crippen LogP contribution in [0.1, 0.15) is 29.0 Å². The fourth-order valence-corrected chi connectivity index (χ4v) is 2.58. The van der Waals surface area contributed by atoms with E-state index < -0.39 is 12.0 Å². The predicted molar refractivity (Wildman–Crippen MR) is 98.0 cm³/mol. The molecular formula is C17H16BrN5O3. The highest BCUT2D eigenvalue weighted by atomic mass is 79.9. The number of nitrogens with zero attached hydrogens (tertiary/aromatic N) is 4. The monoisotopic (exact) mass is 417 g/mol. The molecule has 0 bridgehead atoms. The molecule has 0 aliphatic heterocycles. The highest BCUT2D eigenvalue weighted by Gasteiger charge is 2.18. The lowest BCUT2D eigenvalue weighted by atomic mass is 10.2. The second kappa shape index (κ2) is 7.52. The Balaban J connectivity index is 1.63. The van der Waals surface area contributed by atoms with Crippen LogP contribution in [0, 0.1) is 0 Å². The summed E-state index contributed by atoms with van der Waals surface area (Å²) in [5, 5.41) is 19.8. The zero-order valence-corrected chi connectivity index (χ0v) is 15.4. The Morgan fingerprint density at radius 1 is 1.15 bits per heavy atom. The van der Waals surface area contributed by atoms with Crippen LogP contribution in [-0.4, -0.2) is 36.5 Å². The maximum Gasteiger partial charge on any atom is 0.356 e. The fourth-order valence-electron chi connectivity index (χ4n) is 2.31. The van der Waals surface area contributed by atoms with E-state index in [1.807, 2.05) is 24.3 Å². The topological polar surface area (TPSA) is 102 Å².